The minimum absolute atomic E-state index is 0.226. The third-order valence-electron chi connectivity index (χ3n) is 2.68. The Hall–Kier alpha value is -0.860. The van der Waals surface area contributed by atoms with E-state index >= 15 is 0 Å². The smallest absolute Gasteiger partial charge is 0.0733 e. The second-order valence-electron chi connectivity index (χ2n) is 3.58. The summed E-state index contributed by atoms with van der Waals surface area (Å²) in [6, 6.07) is 10.3. The first kappa shape index (κ1) is 8.73. The molecule has 1 fully saturated rings. The Labute approximate surface area is 78.6 Å². The molecular weight excluding hydrogens is 162 g/mol. The molecule has 2 heteroatoms. The standard InChI is InChI=1S/C11H15NO/c13-11-8-12-7-6-10(11)9-4-2-1-3-5-9/h1-5,10-13H,6-8H2/t10-,11-/m0/s1. The number of aliphatic hydroxyl groups excluding tert-OH is 1. The summed E-state index contributed by atoms with van der Waals surface area (Å²) in [6.45, 7) is 1.73. The average molecular weight is 177 g/mol. The summed E-state index contributed by atoms with van der Waals surface area (Å²) in [7, 11) is 0. The summed E-state index contributed by atoms with van der Waals surface area (Å²) in [4.78, 5) is 0. The molecule has 0 bridgehead atoms. The van der Waals surface area contributed by atoms with Crippen molar-refractivity contribution in [2.75, 3.05) is 13.1 Å². The van der Waals surface area contributed by atoms with E-state index in [-0.39, 0.29) is 6.10 Å². The molecule has 13 heavy (non-hydrogen) atoms. The highest BCUT2D eigenvalue weighted by molar-refractivity contribution is 5.21. The second kappa shape index (κ2) is 3.90. The number of nitrogens with one attached hydrogen (secondary N) is 1. The van der Waals surface area contributed by atoms with Gasteiger partial charge in [0.25, 0.3) is 0 Å². The Balaban J connectivity index is 2.15. The number of benzene rings is 1. The summed E-state index contributed by atoms with van der Waals surface area (Å²) in [6.07, 6.45) is 0.807. The van der Waals surface area contributed by atoms with Crippen LogP contribution in [0.2, 0.25) is 0 Å². The van der Waals surface area contributed by atoms with Crippen molar-refractivity contribution in [1.82, 2.24) is 5.32 Å². The van der Waals surface area contributed by atoms with Crippen molar-refractivity contribution in [3.63, 3.8) is 0 Å². The van der Waals surface area contributed by atoms with Gasteiger partial charge in [0.15, 0.2) is 0 Å². The minimum Gasteiger partial charge on any atom is -0.391 e. The van der Waals surface area contributed by atoms with E-state index in [0.29, 0.717) is 5.92 Å². The van der Waals surface area contributed by atoms with Crippen LogP contribution in [-0.4, -0.2) is 24.3 Å². The number of hydrogen-bond donors (Lipinski definition) is 2. The number of hydrogen-bond acceptors (Lipinski definition) is 2. The zero-order valence-corrected chi connectivity index (χ0v) is 7.61. The van der Waals surface area contributed by atoms with Crippen molar-refractivity contribution in [3.8, 4) is 0 Å². The van der Waals surface area contributed by atoms with Gasteiger partial charge in [-0.05, 0) is 18.5 Å². The van der Waals surface area contributed by atoms with Crippen molar-refractivity contribution in [2.24, 2.45) is 0 Å². The molecule has 0 spiro atoms. The zero-order valence-electron chi connectivity index (χ0n) is 7.61. The molecule has 1 aliphatic heterocycles. The van der Waals surface area contributed by atoms with E-state index in [1.54, 1.807) is 0 Å². The maximum absolute atomic E-state index is 9.76. The van der Waals surface area contributed by atoms with Crippen LogP contribution < -0.4 is 5.32 Å². The molecule has 1 aliphatic rings. The molecule has 1 heterocycles. The molecule has 0 aromatic heterocycles. The molecule has 1 aromatic carbocycles. The Morgan fingerprint density at radius 3 is 2.69 bits per heavy atom. The van der Waals surface area contributed by atoms with Crippen molar-refractivity contribution in [3.05, 3.63) is 35.9 Å². The maximum atomic E-state index is 9.76. The monoisotopic (exact) mass is 177 g/mol. The molecule has 0 amide bonds. The van der Waals surface area contributed by atoms with Crippen LogP contribution in [-0.2, 0) is 0 Å². The van der Waals surface area contributed by atoms with Crippen LogP contribution in [0, 0.1) is 0 Å². The highest BCUT2D eigenvalue weighted by Crippen LogP contribution is 2.24. The van der Waals surface area contributed by atoms with Gasteiger partial charge in [-0.3, -0.25) is 0 Å². The molecule has 2 atom stereocenters. The highest BCUT2D eigenvalue weighted by atomic mass is 16.3. The molecule has 2 nitrogen and oxygen atoms in total. The molecule has 0 radical (unpaired) electrons. The van der Waals surface area contributed by atoms with Gasteiger partial charge in [0.2, 0.25) is 0 Å². The minimum atomic E-state index is -0.226. The summed E-state index contributed by atoms with van der Waals surface area (Å²) in [5, 5.41) is 12.9. The Morgan fingerprint density at radius 2 is 2.00 bits per heavy atom. The van der Waals surface area contributed by atoms with Crippen LogP contribution in [0.25, 0.3) is 0 Å². The number of piperidine rings is 1. The number of β-amino-alcohol motifs (C(OH)–C–C–N with tert-alkyl or cyclic N) is 1. The molecule has 70 valence electrons. The number of rotatable bonds is 1. The predicted molar refractivity (Wildman–Crippen MR) is 52.7 cm³/mol. The lowest BCUT2D eigenvalue weighted by Crippen LogP contribution is -2.39. The fourth-order valence-electron chi connectivity index (χ4n) is 1.93. The van der Waals surface area contributed by atoms with E-state index in [1.165, 1.54) is 5.56 Å². The van der Waals surface area contributed by atoms with Crippen molar-refractivity contribution >= 4 is 0 Å². The van der Waals surface area contributed by atoms with Gasteiger partial charge in [-0.1, -0.05) is 30.3 Å². The molecular formula is C11H15NO. The Kier molecular flexibility index (Phi) is 2.62. The summed E-state index contributed by atoms with van der Waals surface area (Å²) in [5.41, 5.74) is 1.26. The second-order valence-corrected chi connectivity index (χ2v) is 3.58. The van der Waals surface area contributed by atoms with Gasteiger partial charge in [-0.15, -0.1) is 0 Å². The molecule has 2 N–H and O–H groups in total. The lowest BCUT2D eigenvalue weighted by molar-refractivity contribution is 0.118. The summed E-state index contributed by atoms with van der Waals surface area (Å²) < 4.78 is 0. The normalized spacial score (nSPS) is 28.7. The first-order valence-electron chi connectivity index (χ1n) is 4.81. The molecule has 0 aliphatic carbocycles. The average Bonchev–Trinajstić information content (AvgIpc) is 2.20. The summed E-state index contributed by atoms with van der Waals surface area (Å²) >= 11 is 0. The fourth-order valence-corrected chi connectivity index (χ4v) is 1.93. The van der Waals surface area contributed by atoms with Gasteiger partial charge in [-0.2, -0.15) is 0 Å². The van der Waals surface area contributed by atoms with E-state index in [9.17, 15) is 5.11 Å². The molecule has 0 unspecified atom stereocenters. The third kappa shape index (κ3) is 1.90. The Morgan fingerprint density at radius 1 is 1.23 bits per heavy atom. The summed E-state index contributed by atoms with van der Waals surface area (Å²) in [5.74, 6) is 0.322. The largest absolute Gasteiger partial charge is 0.391 e. The van der Waals surface area contributed by atoms with Crippen LogP contribution in [0.4, 0.5) is 0 Å². The van der Waals surface area contributed by atoms with Crippen molar-refractivity contribution < 1.29 is 5.11 Å². The van der Waals surface area contributed by atoms with E-state index in [4.69, 9.17) is 0 Å². The molecule has 0 saturated carbocycles. The fraction of sp³-hybridized carbons (Fsp3) is 0.455. The predicted octanol–water partition coefficient (Wildman–Crippen LogP) is 1.12. The van der Waals surface area contributed by atoms with Gasteiger partial charge in [-0.25, -0.2) is 0 Å². The van der Waals surface area contributed by atoms with Crippen molar-refractivity contribution in [2.45, 2.75) is 18.4 Å². The van der Waals surface area contributed by atoms with E-state index < -0.39 is 0 Å². The van der Waals surface area contributed by atoms with Gasteiger partial charge in [0.1, 0.15) is 0 Å². The van der Waals surface area contributed by atoms with Crippen LogP contribution in [0.5, 0.6) is 0 Å². The van der Waals surface area contributed by atoms with Gasteiger partial charge < -0.3 is 10.4 Å². The quantitative estimate of drug-likeness (QED) is 0.674. The Bertz CT molecular complexity index is 260. The van der Waals surface area contributed by atoms with Crippen LogP contribution in [0.15, 0.2) is 30.3 Å². The van der Waals surface area contributed by atoms with Crippen LogP contribution in [0.1, 0.15) is 17.9 Å². The van der Waals surface area contributed by atoms with E-state index in [1.807, 2.05) is 18.2 Å². The highest BCUT2D eigenvalue weighted by Gasteiger charge is 2.23. The van der Waals surface area contributed by atoms with Crippen LogP contribution in [0.3, 0.4) is 0 Å². The topological polar surface area (TPSA) is 32.3 Å². The maximum Gasteiger partial charge on any atom is 0.0733 e. The molecule has 1 aromatic rings. The SMILES string of the molecule is O[C@H]1CNCC[C@H]1c1ccccc1. The van der Waals surface area contributed by atoms with Gasteiger partial charge in [0.05, 0.1) is 6.10 Å². The van der Waals surface area contributed by atoms with E-state index in [2.05, 4.69) is 17.4 Å². The zero-order chi connectivity index (χ0) is 9.10. The van der Waals surface area contributed by atoms with Crippen molar-refractivity contribution in [1.29, 1.82) is 0 Å². The first-order valence-corrected chi connectivity index (χ1v) is 4.81. The molecule has 2 rings (SSSR count). The van der Waals surface area contributed by atoms with Crippen LogP contribution >= 0.6 is 0 Å². The first-order chi connectivity index (χ1) is 6.38. The number of aliphatic hydroxyl groups is 1. The van der Waals surface area contributed by atoms with E-state index in [0.717, 1.165) is 19.5 Å². The lowest BCUT2D eigenvalue weighted by atomic mass is 9.88. The van der Waals surface area contributed by atoms with Gasteiger partial charge >= 0.3 is 0 Å². The lowest BCUT2D eigenvalue weighted by Gasteiger charge is -2.28. The van der Waals surface area contributed by atoms with Gasteiger partial charge in [0, 0.05) is 12.5 Å². The molecule has 1 saturated heterocycles. The third-order valence-corrected chi connectivity index (χ3v) is 2.68.